The van der Waals surface area contributed by atoms with Crippen molar-refractivity contribution in [1.29, 1.82) is 0 Å². The number of nitrogens with zero attached hydrogens (tertiary/aromatic N) is 1. The number of sulfonamides is 1. The Kier molecular flexibility index (Phi) is 4.67. The highest BCUT2D eigenvalue weighted by Gasteiger charge is 2.36. The Labute approximate surface area is 129 Å². The van der Waals surface area contributed by atoms with Crippen LogP contribution in [0.3, 0.4) is 0 Å². The molecule has 0 unspecified atom stereocenters. The number of hydrogen-bond donors (Lipinski definition) is 1. The predicted molar refractivity (Wildman–Crippen MR) is 70.5 cm³/mol. The first kappa shape index (κ1) is 17.7. The summed E-state index contributed by atoms with van der Waals surface area (Å²) in [6.07, 6.45) is -4.72. The van der Waals surface area contributed by atoms with Crippen LogP contribution in [0.4, 0.5) is 17.6 Å². The van der Waals surface area contributed by atoms with Crippen LogP contribution in [0.1, 0.15) is 18.4 Å². The van der Waals surface area contributed by atoms with E-state index in [9.17, 15) is 30.8 Å². The molecule has 2 rings (SSSR count). The predicted octanol–water partition coefficient (Wildman–Crippen LogP) is 2.33. The molecule has 1 heterocycles. The zero-order valence-corrected chi connectivity index (χ0v) is 12.5. The van der Waals surface area contributed by atoms with Crippen molar-refractivity contribution in [2.24, 2.45) is 5.92 Å². The number of carboxylic acids is 1. The van der Waals surface area contributed by atoms with Gasteiger partial charge < -0.3 is 5.11 Å². The van der Waals surface area contributed by atoms with Gasteiger partial charge in [0.05, 0.1) is 16.4 Å². The Balaban J connectivity index is 2.24. The zero-order valence-electron chi connectivity index (χ0n) is 11.7. The van der Waals surface area contributed by atoms with Gasteiger partial charge >= 0.3 is 12.1 Å². The molecule has 1 N–H and O–H groups in total. The van der Waals surface area contributed by atoms with Gasteiger partial charge in [-0.1, -0.05) is 0 Å². The van der Waals surface area contributed by atoms with Crippen molar-refractivity contribution in [3.63, 3.8) is 0 Å². The Morgan fingerprint density at radius 2 is 1.78 bits per heavy atom. The third-order valence-corrected chi connectivity index (χ3v) is 5.58. The minimum absolute atomic E-state index is 0.0814. The first-order valence-electron chi connectivity index (χ1n) is 6.63. The van der Waals surface area contributed by atoms with Gasteiger partial charge in [-0.2, -0.15) is 17.5 Å². The van der Waals surface area contributed by atoms with Gasteiger partial charge in [0.1, 0.15) is 5.82 Å². The molecular weight excluding hydrogens is 342 g/mol. The van der Waals surface area contributed by atoms with Crippen molar-refractivity contribution in [3.8, 4) is 0 Å². The first-order valence-corrected chi connectivity index (χ1v) is 8.07. The lowest BCUT2D eigenvalue weighted by atomic mass is 9.99. The topological polar surface area (TPSA) is 74.7 Å². The van der Waals surface area contributed by atoms with Crippen LogP contribution >= 0.6 is 0 Å². The van der Waals surface area contributed by atoms with Crippen LogP contribution in [-0.2, 0) is 21.0 Å². The fourth-order valence-corrected chi connectivity index (χ4v) is 3.86. The molecule has 0 spiro atoms. The van der Waals surface area contributed by atoms with Crippen LogP contribution in [0.5, 0.6) is 0 Å². The van der Waals surface area contributed by atoms with Crippen LogP contribution in [0, 0.1) is 11.7 Å². The van der Waals surface area contributed by atoms with Gasteiger partial charge in [-0.25, -0.2) is 12.8 Å². The number of carboxylic acid groups (broad SMARTS) is 1. The molecule has 5 nitrogen and oxygen atoms in total. The number of piperidine rings is 1. The van der Waals surface area contributed by atoms with Crippen molar-refractivity contribution in [2.75, 3.05) is 13.1 Å². The van der Waals surface area contributed by atoms with E-state index in [4.69, 9.17) is 5.11 Å². The molecular formula is C13H13F4NO4S. The van der Waals surface area contributed by atoms with E-state index in [-0.39, 0.29) is 25.9 Å². The zero-order chi connectivity index (χ0) is 17.4. The van der Waals surface area contributed by atoms with Crippen molar-refractivity contribution in [2.45, 2.75) is 23.9 Å². The Morgan fingerprint density at radius 1 is 1.22 bits per heavy atom. The molecule has 0 atom stereocenters. The fourth-order valence-electron chi connectivity index (χ4n) is 2.38. The van der Waals surface area contributed by atoms with E-state index < -0.39 is 44.4 Å². The van der Waals surface area contributed by atoms with Crippen LogP contribution in [-0.4, -0.2) is 36.9 Å². The van der Waals surface area contributed by atoms with E-state index in [0.717, 1.165) is 4.31 Å². The fraction of sp³-hybridized carbons (Fsp3) is 0.462. The largest absolute Gasteiger partial charge is 0.481 e. The summed E-state index contributed by atoms with van der Waals surface area (Å²) in [5, 5.41) is 8.86. The molecule has 0 saturated carbocycles. The molecule has 1 fully saturated rings. The number of alkyl halides is 3. The summed E-state index contributed by atoms with van der Waals surface area (Å²) in [4.78, 5) is 10.2. The van der Waals surface area contributed by atoms with Crippen molar-refractivity contribution >= 4 is 16.0 Å². The highest BCUT2D eigenvalue weighted by atomic mass is 32.2. The van der Waals surface area contributed by atoms with Crippen LogP contribution in [0.15, 0.2) is 23.1 Å². The minimum Gasteiger partial charge on any atom is -0.481 e. The van der Waals surface area contributed by atoms with Gasteiger partial charge in [-0.05, 0) is 31.0 Å². The lowest BCUT2D eigenvalue weighted by molar-refractivity contribution is -0.143. The summed E-state index contributed by atoms with van der Waals surface area (Å²) in [6.45, 7) is -0.163. The average Bonchev–Trinajstić information content (AvgIpc) is 2.45. The standard InChI is InChI=1S/C13H13F4NO4S/c14-11-7-9(1-2-10(11)13(15,16)17)23(21,22)18-5-3-8(4-6-18)12(19)20/h1-2,7-8H,3-6H2,(H,19,20). The van der Waals surface area contributed by atoms with E-state index in [2.05, 4.69) is 0 Å². The summed E-state index contributed by atoms with van der Waals surface area (Å²) >= 11 is 0. The van der Waals surface area contributed by atoms with Gasteiger partial charge in [0.25, 0.3) is 0 Å². The van der Waals surface area contributed by atoms with Crippen LogP contribution < -0.4 is 0 Å². The number of rotatable bonds is 3. The molecule has 10 heteroatoms. The van der Waals surface area contributed by atoms with Crippen molar-refractivity contribution in [1.82, 2.24) is 4.31 Å². The van der Waals surface area contributed by atoms with E-state index in [1.807, 2.05) is 0 Å². The molecule has 23 heavy (non-hydrogen) atoms. The Bertz CT molecular complexity index is 709. The quantitative estimate of drug-likeness (QED) is 0.845. The molecule has 1 saturated heterocycles. The lowest BCUT2D eigenvalue weighted by Gasteiger charge is -2.29. The third-order valence-electron chi connectivity index (χ3n) is 3.69. The summed E-state index contributed by atoms with van der Waals surface area (Å²) in [5.74, 6) is -3.35. The van der Waals surface area contributed by atoms with Gasteiger partial charge in [-0.3, -0.25) is 4.79 Å². The Hall–Kier alpha value is -1.68. The molecule has 128 valence electrons. The number of benzene rings is 1. The number of carbonyl (C=O) groups is 1. The minimum atomic E-state index is -4.91. The van der Waals surface area contributed by atoms with Gasteiger partial charge in [0, 0.05) is 13.1 Å². The lowest BCUT2D eigenvalue weighted by Crippen LogP contribution is -2.40. The SMILES string of the molecule is O=C(O)C1CCN(S(=O)(=O)c2ccc(C(F)(F)F)c(F)c2)CC1. The normalized spacial score (nSPS) is 18.1. The first-order chi connectivity index (χ1) is 10.5. The van der Waals surface area contributed by atoms with E-state index in [0.29, 0.717) is 18.2 Å². The summed E-state index contributed by atoms with van der Waals surface area (Å²) in [6, 6.07) is 1.41. The Morgan fingerprint density at radius 3 is 2.22 bits per heavy atom. The highest BCUT2D eigenvalue weighted by molar-refractivity contribution is 7.89. The maximum absolute atomic E-state index is 13.5. The van der Waals surface area contributed by atoms with Gasteiger partial charge in [0.2, 0.25) is 10.0 Å². The second-order valence-corrected chi connectivity index (χ2v) is 7.09. The molecule has 0 aromatic heterocycles. The van der Waals surface area contributed by atoms with Gasteiger partial charge in [-0.15, -0.1) is 0 Å². The monoisotopic (exact) mass is 355 g/mol. The molecule has 0 radical (unpaired) electrons. The summed E-state index contributed by atoms with van der Waals surface area (Å²) < 4.78 is 76.6. The van der Waals surface area contributed by atoms with E-state index >= 15 is 0 Å². The molecule has 0 bridgehead atoms. The highest BCUT2D eigenvalue weighted by Crippen LogP contribution is 2.33. The third kappa shape index (κ3) is 3.63. The van der Waals surface area contributed by atoms with Crippen LogP contribution in [0.2, 0.25) is 0 Å². The summed E-state index contributed by atoms with van der Waals surface area (Å²) in [5.41, 5.74) is -1.54. The van der Waals surface area contributed by atoms with Crippen molar-refractivity contribution in [3.05, 3.63) is 29.6 Å². The maximum Gasteiger partial charge on any atom is 0.419 e. The van der Waals surface area contributed by atoms with Crippen molar-refractivity contribution < 1.29 is 35.9 Å². The number of halogens is 4. The second kappa shape index (κ2) is 6.08. The average molecular weight is 355 g/mol. The molecule has 1 aliphatic rings. The molecule has 0 amide bonds. The smallest absolute Gasteiger partial charge is 0.419 e. The molecule has 1 aromatic rings. The number of hydrogen-bond acceptors (Lipinski definition) is 3. The van der Waals surface area contributed by atoms with Gasteiger partial charge in [0.15, 0.2) is 0 Å². The van der Waals surface area contributed by atoms with E-state index in [1.54, 1.807) is 0 Å². The maximum atomic E-state index is 13.5. The molecule has 0 aliphatic carbocycles. The number of aliphatic carboxylic acids is 1. The van der Waals surface area contributed by atoms with Crippen LogP contribution in [0.25, 0.3) is 0 Å². The molecule has 1 aromatic carbocycles. The van der Waals surface area contributed by atoms with E-state index in [1.165, 1.54) is 0 Å². The molecule has 1 aliphatic heterocycles. The summed E-state index contributed by atoms with van der Waals surface area (Å²) in [7, 11) is -4.16. The second-order valence-electron chi connectivity index (χ2n) is 5.16.